The first-order chi connectivity index (χ1) is 33.2. The minimum Gasteiger partial charge on any atom is -0.310 e. The molecule has 0 aliphatic carbocycles. The highest BCUT2D eigenvalue weighted by molar-refractivity contribution is 6.22. The van der Waals surface area contributed by atoms with Crippen molar-refractivity contribution in [2.75, 3.05) is 4.90 Å². The van der Waals surface area contributed by atoms with Crippen LogP contribution in [0.25, 0.3) is 109 Å². The molecule has 0 aliphatic rings. The van der Waals surface area contributed by atoms with Crippen LogP contribution in [0.15, 0.2) is 261 Å². The number of benzene rings is 13. The predicted molar refractivity (Wildman–Crippen MR) is 288 cm³/mol. The van der Waals surface area contributed by atoms with E-state index < -0.39 is 0 Å². The van der Waals surface area contributed by atoms with Crippen LogP contribution in [0.2, 0.25) is 0 Å². The zero-order valence-electron chi connectivity index (χ0n) is 36.8. The Labute approximate surface area is 390 Å². The molecular weight excluding hydrogens is 807 g/mol. The van der Waals surface area contributed by atoms with Crippen LogP contribution in [-0.2, 0) is 0 Å². The summed E-state index contributed by atoms with van der Waals surface area (Å²) in [5.74, 6) is 0. The average Bonchev–Trinajstić information content (AvgIpc) is 3.41. The molecule has 0 bridgehead atoms. The highest BCUT2D eigenvalue weighted by atomic mass is 15.1. The first-order valence-electron chi connectivity index (χ1n) is 23.2. The number of hydrogen-bond acceptors (Lipinski definition) is 1. The van der Waals surface area contributed by atoms with Gasteiger partial charge in [0.05, 0.1) is 5.69 Å². The van der Waals surface area contributed by atoms with Gasteiger partial charge in [-0.1, -0.05) is 224 Å². The Kier molecular flexibility index (Phi) is 9.25. The number of anilines is 3. The van der Waals surface area contributed by atoms with Crippen molar-refractivity contribution in [3.63, 3.8) is 0 Å². The molecule has 0 atom stereocenters. The Balaban J connectivity index is 1.01. The molecule has 0 aromatic heterocycles. The predicted octanol–water partition coefficient (Wildman–Crippen LogP) is 18.7. The second-order valence-corrected chi connectivity index (χ2v) is 17.6. The van der Waals surface area contributed by atoms with Crippen LogP contribution in [0.5, 0.6) is 0 Å². The third-order valence-corrected chi connectivity index (χ3v) is 13.8. The van der Waals surface area contributed by atoms with Crippen LogP contribution in [0.1, 0.15) is 0 Å². The molecule has 1 nitrogen and oxygen atoms in total. The van der Waals surface area contributed by atoms with E-state index in [0.717, 1.165) is 22.6 Å². The summed E-state index contributed by atoms with van der Waals surface area (Å²) in [5.41, 5.74) is 13.0. The second kappa shape index (κ2) is 16.0. The SMILES string of the molecule is c1ccc(-c2c(-c3ccccc3)c3cc(-c4cccc(N(c5ccc(-c6cccc7c6ccc6ccccc67)cc5)c5cc6ccccc6c6ccccc56)c4)ccc3c3ccccc23)cc1. The molecule has 0 heterocycles. The largest absolute Gasteiger partial charge is 0.310 e. The topological polar surface area (TPSA) is 3.24 Å². The van der Waals surface area contributed by atoms with Crippen molar-refractivity contribution in [3.05, 3.63) is 261 Å². The molecule has 0 N–H and O–H groups in total. The number of nitrogens with zero attached hydrogens (tertiary/aromatic N) is 1. The van der Waals surface area contributed by atoms with Gasteiger partial charge in [-0.15, -0.1) is 0 Å². The lowest BCUT2D eigenvalue weighted by Gasteiger charge is -2.28. The molecule has 13 aromatic carbocycles. The van der Waals surface area contributed by atoms with Crippen molar-refractivity contribution in [2.24, 2.45) is 0 Å². The van der Waals surface area contributed by atoms with Gasteiger partial charge in [0.15, 0.2) is 0 Å². The van der Waals surface area contributed by atoms with E-state index in [4.69, 9.17) is 0 Å². The summed E-state index contributed by atoms with van der Waals surface area (Å²) < 4.78 is 0. The second-order valence-electron chi connectivity index (χ2n) is 17.6. The van der Waals surface area contributed by atoms with Crippen LogP contribution >= 0.6 is 0 Å². The quantitative estimate of drug-likeness (QED) is 0.144. The van der Waals surface area contributed by atoms with Gasteiger partial charge in [0, 0.05) is 16.8 Å². The number of hydrogen-bond donors (Lipinski definition) is 0. The van der Waals surface area contributed by atoms with E-state index in [-0.39, 0.29) is 0 Å². The third-order valence-electron chi connectivity index (χ3n) is 13.8. The molecule has 0 spiro atoms. The summed E-state index contributed by atoms with van der Waals surface area (Å²) >= 11 is 0. The van der Waals surface area contributed by atoms with E-state index in [9.17, 15) is 0 Å². The Morgan fingerprint density at radius 1 is 0.209 bits per heavy atom. The normalized spacial score (nSPS) is 11.6. The van der Waals surface area contributed by atoms with E-state index in [1.54, 1.807) is 0 Å². The van der Waals surface area contributed by atoms with Gasteiger partial charge < -0.3 is 4.90 Å². The van der Waals surface area contributed by atoms with Gasteiger partial charge in [-0.05, 0) is 140 Å². The molecule has 0 aliphatic heterocycles. The van der Waals surface area contributed by atoms with E-state index >= 15 is 0 Å². The fraction of sp³-hybridized carbons (Fsp3) is 0. The lowest BCUT2D eigenvalue weighted by Crippen LogP contribution is -2.11. The van der Waals surface area contributed by atoms with Gasteiger partial charge in [-0.25, -0.2) is 0 Å². The first-order valence-corrected chi connectivity index (χ1v) is 23.2. The van der Waals surface area contributed by atoms with Gasteiger partial charge in [0.25, 0.3) is 0 Å². The van der Waals surface area contributed by atoms with E-state index in [2.05, 4.69) is 266 Å². The molecule has 0 radical (unpaired) electrons. The molecule has 0 amide bonds. The maximum absolute atomic E-state index is 2.45. The molecule has 13 aromatic rings. The molecule has 0 unspecified atom stereocenters. The molecular formula is C66H43N. The van der Waals surface area contributed by atoms with E-state index in [0.29, 0.717) is 0 Å². The molecule has 67 heavy (non-hydrogen) atoms. The minimum atomic E-state index is 1.09. The molecule has 0 fully saturated rings. The van der Waals surface area contributed by atoms with Crippen LogP contribution in [0.3, 0.4) is 0 Å². The number of rotatable bonds is 7. The summed E-state index contributed by atoms with van der Waals surface area (Å²) in [7, 11) is 0. The summed E-state index contributed by atoms with van der Waals surface area (Å²) in [6.07, 6.45) is 0. The van der Waals surface area contributed by atoms with Crippen LogP contribution in [-0.4, -0.2) is 0 Å². The smallest absolute Gasteiger partial charge is 0.0546 e. The Bertz CT molecular complexity index is 4020. The van der Waals surface area contributed by atoms with Crippen molar-refractivity contribution in [1.82, 2.24) is 0 Å². The molecule has 1 heteroatoms. The summed E-state index contributed by atoms with van der Waals surface area (Å²) in [5, 5.41) is 15.0. The lowest BCUT2D eigenvalue weighted by atomic mass is 9.84. The van der Waals surface area contributed by atoms with Gasteiger partial charge >= 0.3 is 0 Å². The fourth-order valence-corrected chi connectivity index (χ4v) is 10.7. The standard InChI is InChI=1S/C66H43N/c1-3-18-46(19-4-1)65-62-30-14-12-28-58(62)60-40-36-49(42-63(60)66(65)47-20-5-2-6-21-47)48-23-15-24-52(41-48)67(64-43-50-22-8-10-26-55(50)57-27-11-13-29-61(57)64)51-37-33-45(34-38-51)54-31-16-32-56-53-25-9-7-17-44(53)35-39-59(54)56/h1-43H. The maximum Gasteiger partial charge on any atom is 0.0546 e. The minimum absolute atomic E-state index is 1.09. The Hall–Kier alpha value is -8.78. The van der Waals surface area contributed by atoms with Gasteiger partial charge in [0.2, 0.25) is 0 Å². The van der Waals surface area contributed by atoms with E-state index in [1.165, 1.54) is 104 Å². The highest BCUT2D eigenvalue weighted by Crippen LogP contribution is 2.47. The zero-order chi connectivity index (χ0) is 44.3. The summed E-state index contributed by atoms with van der Waals surface area (Å²) in [6.45, 7) is 0. The van der Waals surface area contributed by atoms with Gasteiger partial charge in [-0.2, -0.15) is 0 Å². The molecule has 312 valence electrons. The van der Waals surface area contributed by atoms with Gasteiger partial charge in [-0.3, -0.25) is 0 Å². The highest BCUT2D eigenvalue weighted by Gasteiger charge is 2.21. The lowest BCUT2D eigenvalue weighted by molar-refractivity contribution is 1.30. The van der Waals surface area contributed by atoms with Crippen LogP contribution < -0.4 is 4.90 Å². The monoisotopic (exact) mass is 849 g/mol. The van der Waals surface area contributed by atoms with Crippen molar-refractivity contribution in [2.45, 2.75) is 0 Å². The van der Waals surface area contributed by atoms with Crippen LogP contribution in [0, 0.1) is 0 Å². The summed E-state index contributed by atoms with van der Waals surface area (Å²) in [6, 6.07) is 95.9. The molecule has 0 saturated heterocycles. The molecule has 0 saturated carbocycles. The first kappa shape index (κ1) is 38.7. The Morgan fingerprint density at radius 3 is 1.42 bits per heavy atom. The van der Waals surface area contributed by atoms with Crippen molar-refractivity contribution < 1.29 is 0 Å². The zero-order valence-corrected chi connectivity index (χ0v) is 36.8. The third kappa shape index (κ3) is 6.55. The van der Waals surface area contributed by atoms with Crippen molar-refractivity contribution in [3.8, 4) is 44.5 Å². The van der Waals surface area contributed by atoms with Crippen molar-refractivity contribution >= 4 is 81.7 Å². The number of fused-ring (bicyclic) bond motifs is 9. The van der Waals surface area contributed by atoms with Gasteiger partial charge in [0.1, 0.15) is 0 Å². The average molecular weight is 850 g/mol. The van der Waals surface area contributed by atoms with Crippen molar-refractivity contribution in [1.29, 1.82) is 0 Å². The van der Waals surface area contributed by atoms with E-state index in [1.807, 2.05) is 0 Å². The van der Waals surface area contributed by atoms with Crippen LogP contribution in [0.4, 0.5) is 17.1 Å². The fourth-order valence-electron chi connectivity index (χ4n) is 10.7. The summed E-state index contributed by atoms with van der Waals surface area (Å²) in [4.78, 5) is 2.45. The molecule has 13 rings (SSSR count). The maximum atomic E-state index is 2.45. The Morgan fingerprint density at radius 2 is 0.687 bits per heavy atom.